The summed E-state index contributed by atoms with van der Waals surface area (Å²) in [4.78, 5) is 30.3. The molecule has 0 bridgehead atoms. The molecule has 2 heterocycles. The van der Waals surface area contributed by atoms with Crippen LogP contribution in [-0.4, -0.2) is 53.8 Å². The van der Waals surface area contributed by atoms with E-state index in [9.17, 15) is 9.59 Å². The Labute approximate surface area is 141 Å². The Morgan fingerprint density at radius 1 is 1.26 bits per heavy atom. The van der Waals surface area contributed by atoms with Gasteiger partial charge in [0.1, 0.15) is 0 Å². The van der Waals surface area contributed by atoms with E-state index in [1.54, 1.807) is 23.8 Å². The fourth-order valence-electron chi connectivity index (χ4n) is 3.29. The van der Waals surface area contributed by atoms with E-state index in [1.807, 2.05) is 38.1 Å². The topological polar surface area (TPSA) is 49.9 Å². The van der Waals surface area contributed by atoms with Crippen molar-refractivity contribution in [1.29, 1.82) is 0 Å². The Balaban J connectivity index is 1.92. The van der Waals surface area contributed by atoms with E-state index in [4.69, 9.17) is 4.74 Å². The zero-order valence-electron chi connectivity index (χ0n) is 13.9. The SMILES string of the molecule is C[C@@H]1CN(C(=O)[C@]2(C)Sc3ccccc3N(C)C2=O)C[C@H](C)O1. The fraction of sp³-hybridized carbons (Fsp3) is 0.529. The molecule has 124 valence electrons. The number of anilines is 1. The molecule has 0 aromatic heterocycles. The average Bonchev–Trinajstić information content (AvgIpc) is 2.51. The monoisotopic (exact) mass is 334 g/mol. The summed E-state index contributed by atoms with van der Waals surface area (Å²) in [6, 6.07) is 7.69. The minimum Gasteiger partial charge on any atom is -0.372 e. The van der Waals surface area contributed by atoms with Gasteiger partial charge in [-0.05, 0) is 32.9 Å². The van der Waals surface area contributed by atoms with Gasteiger partial charge in [0.15, 0.2) is 4.75 Å². The van der Waals surface area contributed by atoms with Crippen LogP contribution in [0.25, 0.3) is 0 Å². The number of hydrogen-bond acceptors (Lipinski definition) is 4. The lowest BCUT2D eigenvalue weighted by molar-refractivity contribution is -0.148. The van der Waals surface area contributed by atoms with Gasteiger partial charge in [0.25, 0.3) is 5.91 Å². The highest BCUT2D eigenvalue weighted by Crippen LogP contribution is 2.45. The van der Waals surface area contributed by atoms with E-state index >= 15 is 0 Å². The van der Waals surface area contributed by atoms with Gasteiger partial charge < -0.3 is 14.5 Å². The Hall–Kier alpha value is -1.53. The first-order valence-corrected chi connectivity index (χ1v) is 8.65. The Kier molecular flexibility index (Phi) is 4.14. The molecule has 0 saturated carbocycles. The van der Waals surface area contributed by atoms with Gasteiger partial charge in [-0.3, -0.25) is 9.59 Å². The number of ether oxygens (including phenoxy) is 1. The summed E-state index contributed by atoms with van der Waals surface area (Å²) < 4.78 is 4.57. The molecular weight excluding hydrogens is 312 g/mol. The molecule has 0 N–H and O–H groups in total. The second-order valence-electron chi connectivity index (χ2n) is 6.43. The summed E-state index contributed by atoms with van der Waals surface area (Å²) >= 11 is 1.35. The van der Waals surface area contributed by atoms with Gasteiger partial charge in [-0.15, -0.1) is 0 Å². The maximum Gasteiger partial charge on any atom is 0.252 e. The fourth-order valence-corrected chi connectivity index (χ4v) is 4.63. The number of rotatable bonds is 1. The molecule has 1 aromatic rings. The molecule has 23 heavy (non-hydrogen) atoms. The third-order valence-electron chi connectivity index (χ3n) is 4.37. The van der Waals surface area contributed by atoms with Crippen LogP contribution in [0.2, 0.25) is 0 Å². The van der Waals surface area contributed by atoms with Crippen LogP contribution in [0.4, 0.5) is 5.69 Å². The van der Waals surface area contributed by atoms with Crippen LogP contribution in [0.1, 0.15) is 20.8 Å². The summed E-state index contributed by atoms with van der Waals surface area (Å²) in [6.45, 7) is 6.70. The van der Waals surface area contributed by atoms with Crippen LogP contribution in [0.15, 0.2) is 29.2 Å². The largest absolute Gasteiger partial charge is 0.372 e. The maximum absolute atomic E-state index is 13.1. The molecule has 5 nitrogen and oxygen atoms in total. The zero-order valence-corrected chi connectivity index (χ0v) is 14.7. The summed E-state index contributed by atoms with van der Waals surface area (Å²) in [5.41, 5.74) is 0.858. The van der Waals surface area contributed by atoms with Crippen LogP contribution in [0.5, 0.6) is 0 Å². The van der Waals surface area contributed by atoms with Gasteiger partial charge in [-0.1, -0.05) is 23.9 Å². The summed E-state index contributed by atoms with van der Waals surface area (Å²) in [5, 5.41) is 0. The van der Waals surface area contributed by atoms with Crippen molar-refractivity contribution in [2.75, 3.05) is 25.0 Å². The van der Waals surface area contributed by atoms with Crippen molar-refractivity contribution in [3.05, 3.63) is 24.3 Å². The number of morpholine rings is 1. The van der Waals surface area contributed by atoms with Crippen LogP contribution in [0.3, 0.4) is 0 Å². The number of para-hydroxylation sites is 1. The molecule has 3 atom stereocenters. The second-order valence-corrected chi connectivity index (χ2v) is 7.90. The van der Waals surface area contributed by atoms with Crippen molar-refractivity contribution in [2.45, 2.75) is 42.6 Å². The quantitative estimate of drug-likeness (QED) is 0.739. The van der Waals surface area contributed by atoms with E-state index in [1.165, 1.54) is 11.8 Å². The molecule has 2 aliphatic heterocycles. The first-order chi connectivity index (χ1) is 10.8. The van der Waals surface area contributed by atoms with Crippen LogP contribution < -0.4 is 4.90 Å². The van der Waals surface area contributed by atoms with E-state index in [2.05, 4.69) is 0 Å². The van der Waals surface area contributed by atoms with E-state index < -0.39 is 4.75 Å². The van der Waals surface area contributed by atoms with Crippen molar-refractivity contribution < 1.29 is 14.3 Å². The van der Waals surface area contributed by atoms with Gasteiger partial charge in [-0.25, -0.2) is 0 Å². The number of thioether (sulfide) groups is 1. The standard InChI is InChI=1S/C17H22N2O3S/c1-11-9-19(10-12(2)22-11)16(21)17(3)15(20)18(4)13-7-5-6-8-14(13)23-17/h5-8,11-12H,9-10H2,1-4H3/t11-,12+,17-/m1/s1. The number of benzene rings is 1. The predicted molar refractivity (Wildman–Crippen MR) is 90.7 cm³/mol. The van der Waals surface area contributed by atoms with Gasteiger partial charge in [0.05, 0.1) is 17.9 Å². The van der Waals surface area contributed by atoms with Crippen molar-refractivity contribution in [3.63, 3.8) is 0 Å². The number of fused-ring (bicyclic) bond motifs is 1. The third-order valence-corrected chi connectivity index (χ3v) is 5.69. The summed E-state index contributed by atoms with van der Waals surface area (Å²) in [5.74, 6) is -0.297. The molecule has 0 radical (unpaired) electrons. The highest BCUT2D eigenvalue weighted by Gasteiger charge is 2.50. The lowest BCUT2D eigenvalue weighted by atomic mass is 10.0. The van der Waals surface area contributed by atoms with Gasteiger partial charge >= 0.3 is 0 Å². The number of nitrogens with zero attached hydrogens (tertiary/aromatic N) is 2. The Morgan fingerprint density at radius 2 is 1.87 bits per heavy atom. The molecule has 1 fully saturated rings. The molecule has 3 rings (SSSR count). The number of carbonyl (C=O) groups is 2. The second kappa shape index (κ2) is 5.83. The van der Waals surface area contributed by atoms with Crippen LogP contribution in [0, 0.1) is 0 Å². The lowest BCUT2D eigenvalue weighted by Gasteiger charge is -2.42. The highest BCUT2D eigenvalue weighted by atomic mass is 32.2. The van der Waals surface area contributed by atoms with Crippen LogP contribution >= 0.6 is 11.8 Å². The molecule has 2 amide bonds. The van der Waals surface area contributed by atoms with E-state index in [0.29, 0.717) is 13.1 Å². The summed E-state index contributed by atoms with van der Waals surface area (Å²) in [6.07, 6.45) is -0.0278. The molecule has 1 saturated heterocycles. The Bertz CT molecular complexity index is 640. The lowest BCUT2D eigenvalue weighted by Crippen LogP contribution is -2.60. The van der Waals surface area contributed by atoms with Crippen molar-refractivity contribution in [3.8, 4) is 0 Å². The van der Waals surface area contributed by atoms with Crippen LogP contribution in [-0.2, 0) is 14.3 Å². The number of carbonyl (C=O) groups excluding carboxylic acids is 2. The average molecular weight is 334 g/mol. The molecule has 0 unspecified atom stereocenters. The smallest absolute Gasteiger partial charge is 0.252 e. The molecule has 0 spiro atoms. The normalized spacial score (nSPS) is 31.0. The minimum absolute atomic E-state index is 0.0139. The van der Waals surface area contributed by atoms with E-state index in [-0.39, 0.29) is 24.0 Å². The molecular formula is C17H22N2O3S. The van der Waals surface area contributed by atoms with Crippen molar-refractivity contribution in [2.24, 2.45) is 0 Å². The summed E-state index contributed by atoms with van der Waals surface area (Å²) in [7, 11) is 1.73. The molecule has 0 aliphatic carbocycles. The predicted octanol–water partition coefficient (Wildman–Crippen LogP) is 2.15. The third kappa shape index (κ3) is 2.74. The molecule has 1 aromatic carbocycles. The molecule has 2 aliphatic rings. The van der Waals surface area contributed by atoms with E-state index in [0.717, 1.165) is 10.6 Å². The number of hydrogen-bond donors (Lipinski definition) is 0. The number of amides is 2. The first kappa shape index (κ1) is 16.3. The van der Waals surface area contributed by atoms with Gasteiger partial charge in [0.2, 0.25) is 5.91 Å². The maximum atomic E-state index is 13.1. The first-order valence-electron chi connectivity index (χ1n) is 7.84. The van der Waals surface area contributed by atoms with Crippen molar-refractivity contribution in [1.82, 2.24) is 4.90 Å². The highest BCUT2D eigenvalue weighted by molar-refractivity contribution is 8.02. The Morgan fingerprint density at radius 3 is 2.52 bits per heavy atom. The zero-order chi connectivity index (χ0) is 16.8. The van der Waals surface area contributed by atoms with Gasteiger partial charge in [-0.2, -0.15) is 0 Å². The molecule has 6 heteroatoms. The van der Waals surface area contributed by atoms with Crippen molar-refractivity contribution >= 4 is 29.3 Å². The van der Waals surface area contributed by atoms with Gasteiger partial charge in [0, 0.05) is 25.0 Å². The minimum atomic E-state index is -1.13.